The molecule has 0 aliphatic heterocycles. The van der Waals surface area contributed by atoms with Gasteiger partial charge in [-0.3, -0.25) is 0 Å². The number of fused-ring (bicyclic) bond motifs is 9. The van der Waals surface area contributed by atoms with Gasteiger partial charge in [-0.2, -0.15) is 5.26 Å². The lowest BCUT2D eigenvalue weighted by Crippen LogP contribution is -2.26. The molecular weight excluding hydrogens is 931 g/mol. The minimum absolute atomic E-state index is 0.0724. The third-order valence-electron chi connectivity index (χ3n) is 16.0. The van der Waals surface area contributed by atoms with Gasteiger partial charge in [0.05, 0.1) is 20.4 Å². The first-order valence-electron chi connectivity index (χ1n) is 26.6. The number of carbonyl (C=O) groups is 1. The van der Waals surface area contributed by atoms with Gasteiger partial charge in [0.2, 0.25) is 0 Å². The van der Waals surface area contributed by atoms with Gasteiger partial charge in [0, 0.05) is 43.3 Å². The molecule has 0 unspecified atom stereocenters. The summed E-state index contributed by atoms with van der Waals surface area (Å²) in [5.41, 5.74) is 18.6. The zero-order valence-corrected chi connectivity index (χ0v) is 44.1. The molecule has 0 radical (unpaired) electrons. The topological polar surface area (TPSA) is 69.3 Å². The van der Waals surface area contributed by atoms with E-state index in [4.69, 9.17) is 0 Å². The van der Waals surface area contributed by atoms with Gasteiger partial charge >= 0.3 is 5.97 Å². The van der Waals surface area contributed by atoms with Gasteiger partial charge in [-0.1, -0.05) is 164 Å². The van der Waals surface area contributed by atoms with Gasteiger partial charge in [0.15, 0.2) is 0 Å². The molecule has 3 heterocycles. The number of para-hydroxylation sites is 2. The lowest BCUT2D eigenvalue weighted by molar-refractivity contribution is -0.132. The summed E-state index contributed by atoms with van der Waals surface area (Å²) in [5.74, 6) is -1.21. The van der Waals surface area contributed by atoms with Crippen LogP contribution in [0.2, 0.25) is 0 Å². The van der Waals surface area contributed by atoms with Crippen LogP contribution in [0.1, 0.15) is 132 Å². The van der Waals surface area contributed by atoms with Gasteiger partial charge in [0.25, 0.3) is 0 Å². The van der Waals surface area contributed by atoms with Crippen LogP contribution in [0.3, 0.4) is 0 Å². The van der Waals surface area contributed by atoms with Crippen molar-refractivity contribution in [3.63, 3.8) is 0 Å². The summed E-state index contributed by atoms with van der Waals surface area (Å²) >= 11 is 3.40. The van der Waals surface area contributed by atoms with Crippen molar-refractivity contribution in [2.45, 2.75) is 116 Å². The maximum Gasteiger partial charge on any atom is 0.346 e. The summed E-state index contributed by atoms with van der Waals surface area (Å²) < 4.78 is 4.70. The predicted molar refractivity (Wildman–Crippen MR) is 308 cm³/mol. The monoisotopic (exact) mass is 993 g/mol. The molecule has 3 aromatic heterocycles. The predicted octanol–water partition coefficient (Wildman–Crippen LogP) is 19.3. The molecule has 2 aliphatic rings. The number of thiophene rings is 2. The van der Waals surface area contributed by atoms with Crippen molar-refractivity contribution in [2.24, 2.45) is 0 Å². The normalized spacial score (nSPS) is 14.0. The summed E-state index contributed by atoms with van der Waals surface area (Å²) in [6.45, 7) is 9.25. The summed E-state index contributed by atoms with van der Waals surface area (Å²) in [6, 6.07) is 58.6. The van der Waals surface area contributed by atoms with Crippen molar-refractivity contribution in [1.29, 1.82) is 5.26 Å². The molecule has 366 valence electrons. The van der Waals surface area contributed by atoms with E-state index >= 15 is 0 Å². The number of hydrogen-bond donors (Lipinski definition) is 1. The maximum absolute atomic E-state index is 12.1. The lowest BCUT2D eigenvalue weighted by Gasteiger charge is -2.34. The number of aliphatic carboxylic acids is 1. The molecule has 6 aromatic carbocycles. The van der Waals surface area contributed by atoms with E-state index in [0.717, 1.165) is 115 Å². The fourth-order valence-corrected chi connectivity index (χ4v) is 14.9. The van der Waals surface area contributed by atoms with Crippen molar-refractivity contribution in [2.75, 3.05) is 4.90 Å². The number of nitrogens with zero attached hydrogens (tertiary/aromatic N) is 3. The van der Waals surface area contributed by atoms with Gasteiger partial charge in [-0.05, 0) is 149 Å². The van der Waals surface area contributed by atoms with Crippen LogP contribution in [0.25, 0.3) is 64.9 Å². The molecule has 0 fully saturated rings. The second-order valence-corrected chi connectivity index (χ2v) is 22.5. The van der Waals surface area contributed by atoms with E-state index in [-0.39, 0.29) is 16.4 Å². The number of carboxylic acids is 1. The van der Waals surface area contributed by atoms with Crippen LogP contribution in [0, 0.1) is 11.3 Å². The molecule has 73 heavy (non-hydrogen) atoms. The van der Waals surface area contributed by atoms with Gasteiger partial charge in [-0.25, -0.2) is 4.79 Å². The fraction of sp³-hybridized carbons (Fsp3) is 0.273. The molecule has 1 N–H and O–H groups in total. The summed E-state index contributed by atoms with van der Waals surface area (Å²) in [7, 11) is 0. The molecular formula is C66H63N3O2S2. The highest BCUT2D eigenvalue weighted by atomic mass is 32.1. The second kappa shape index (κ2) is 20.1. The minimum Gasteiger partial charge on any atom is -0.477 e. The molecule has 0 spiro atoms. The minimum atomic E-state index is -1.21. The zero-order chi connectivity index (χ0) is 50.3. The van der Waals surface area contributed by atoms with Crippen molar-refractivity contribution in [3.05, 3.63) is 184 Å². The van der Waals surface area contributed by atoms with E-state index in [9.17, 15) is 15.2 Å². The van der Waals surface area contributed by atoms with E-state index in [1.165, 1.54) is 71.4 Å². The Hall–Kier alpha value is -6.98. The number of hydrogen-bond acceptors (Lipinski definition) is 5. The number of unbranched alkanes of at least 4 members (excludes halogenated alkanes) is 4. The number of aromatic nitrogens is 1. The summed E-state index contributed by atoms with van der Waals surface area (Å²) in [5, 5.41) is 19.8. The van der Waals surface area contributed by atoms with Crippen LogP contribution in [-0.4, -0.2) is 15.6 Å². The first-order chi connectivity index (χ1) is 35.8. The highest BCUT2D eigenvalue weighted by Crippen LogP contribution is 2.58. The Kier molecular flexibility index (Phi) is 13.3. The molecule has 0 saturated carbocycles. The Morgan fingerprint density at radius 1 is 0.562 bits per heavy atom. The third kappa shape index (κ3) is 8.24. The number of rotatable bonds is 19. The van der Waals surface area contributed by atoms with Crippen LogP contribution in [0.4, 0.5) is 17.1 Å². The largest absolute Gasteiger partial charge is 0.477 e. The highest BCUT2D eigenvalue weighted by molar-refractivity contribution is 7.29. The second-order valence-electron chi connectivity index (χ2n) is 20.3. The quantitative estimate of drug-likeness (QED) is 0.0647. The zero-order valence-electron chi connectivity index (χ0n) is 42.5. The SMILES string of the molecule is CCCCC1(CCCC)c2cc(-c3cc4c(s3)c3sc(/C=C(/C#N)C(=O)O)cc3n4-c3ccc4c(c3)C(CCCC)(CCCC)c3ccccc3-4)ccc2-c2ccc(N(c3ccccc3)c3ccccc3)cc21. The summed E-state index contributed by atoms with van der Waals surface area (Å²) in [4.78, 5) is 16.5. The van der Waals surface area contributed by atoms with Crippen LogP contribution in [-0.2, 0) is 15.6 Å². The van der Waals surface area contributed by atoms with Crippen molar-refractivity contribution < 1.29 is 9.90 Å². The first-order valence-corrected chi connectivity index (χ1v) is 28.3. The van der Waals surface area contributed by atoms with Gasteiger partial charge in [0.1, 0.15) is 11.6 Å². The average molecular weight is 994 g/mol. The number of carboxylic acid groups (broad SMARTS) is 1. The molecule has 7 heteroatoms. The lowest BCUT2D eigenvalue weighted by atomic mass is 9.70. The number of nitriles is 1. The van der Waals surface area contributed by atoms with Crippen molar-refractivity contribution >= 4 is 72.2 Å². The molecule has 0 saturated heterocycles. The molecule has 0 amide bonds. The van der Waals surface area contributed by atoms with E-state index in [0.29, 0.717) is 0 Å². The molecule has 0 atom stereocenters. The van der Waals surface area contributed by atoms with E-state index in [1.807, 2.05) is 17.4 Å². The van der Waals surface area contributed by atoms with Gasteiger partial charge < -0.3 is 14.6 Å². The maximum atomic E-state index is 12.1. The molecule has 5 nitrogen and oxygen atoms in total. The molecule has 2 aliphatic carbocycles. The van der Waals surface area contributed by atoms with E-state index in [2.05, 4.69) is 189 Å². The first kappa shape index (κ1) is 48.3. The smallest absolute Gasteiger partial charge is 0.346 e. The van der Waals surface area contributed by atoms with Crippen LogP contribution < -0.4 is 4.90 Å². The van der Waals surface area contributed by atoms with Gasteiger partial charge in [-0.15, -0.1) is 22.7 Å². The van der Waals surface area contributed by atoms with Crippen LogP contribution in [0.5, 0.6) is 0 Å². The third-order valence-corrected chi connectivity index (χ3v) is 18.4. The van der Waals surface area contributed by atoms with Crippen molar-refractivity contribution in [1.82, 2.24) is 4.57 Å². The Bertz CT molecular complexity index is 3530. The Labute approximate surface area is 438 Å². The highest BCUT2D eigenvalue weighted by Gasteiger charge is 2.44. The standard InChI is InChI=1S/C66H63N3O2S2/c1-5-9-33-65(34-10-6-2)55-26-20-19-25-51(55)53-32-29-49(40-57(53)65)69-59-41-50(37-45(43-67)64(70)71)72-62(59)63-60(69)42-61(73-63)44-27-30-52-54-31-28-48(68(46-21-15-13-16-22-46)47-23-17-14-18-24-47)39-58(54)66(35-11-7-3,36-12-8-4)56(52)38-44/h13-32,37-42H,5-12,33-36H2,1-4H3,(H,70,71)/b45-37-. The number of anilines is 3. The number of benzene rings is 6. The Balaban J connectivity index is 1.09. The van der Waals surface area contributed by atoms with E-state index in [1.54, 1.807) is 11.3 Å². The Morgan fingerprint density at radius 3 is 1.67 bits per heavy atom. The molecule has 9 aromatic rings. The van der Waals surface area contributed by atoms with Crippen molar-refractivity contribution in [3.8, 4) is 44.5 Å². The Morgan fingerprint density at radius 2 is 1.07 bits per heavy atom. The van der Waals surface area contributed by atoms with E-state index < -0.39 is 5.97 Å². The van der Waals surface area contributed by atoms with Crippen LogP contribution >= 0.6 is 22.7 Å². The fourth-order valence-electron chi connectivity index (χ4n) is 12.5. The molecule has 11 rings (SSSR count). The average Bonchev–Trinajstić information content (AvgIpc) is 4.22. The molecule has 0 bridgehead atoms. The van der Waals surface area contributed by atoms with Crippen LogP contribution in [0.15, 0.2) is 157 Å². The summed E-state index contributed by atoms with van der Waals surface area (Å²) in [6.07, 6.45) is 15.0.